The predicted octanol–water partition coefficient (Wildman–Crippen LogP) is 11.1. The fraction of sp³-hybridized carbons (Fsp3) is 0.345. The zero-order valence-corrected chi connectivity index (χ0v) is 50.6. The summed E-state index contributed by atoms with van der Waals surface area (Å²) in [6, 6.07) is 35.1. The Kier molecular flexibility index (Phi) is 18.2. The molecule has 0 aliphatic carbocycles. The third-order valence-electron chi connectivity index (χ3n) is 15.3. The number of piperazine rings is 3. The number of piperidine rings is 1. The maximum absolute atomic E-state index is 11.5. The average Bonchev–Trinajstić information content (AvgIpc) is 4.32. The van der Waals surface area contributed by atoms with Crippen molar-refractivity contribution in [1.82, 2.24) is 33.9 Å². The number of hydrogen-bond donors (Lipinski definition) is 5. The summed E-state index contributed by atoms with van der Waals surface area (Å²) in [4.78, 5) is 27.0. The highest BCUT2D eigenvalue weighted by molar-refractivity contribution is 9.10. The van der Waals surface area contributed by atoms with Gasteiger partial charge in [-0.3, -0.25) is 0 Å². The lowest BCUT2D eigenvalue weighted by Crippen LogP contribution is -2.48. The van der Waals surface area contributed by atoms with Crippen LogP contribution in [0, 0.1) is 0 Å². The van der Waals surface area contributed by atoms with Crippen LogP contribution in [0.3, 0.4) is 0 Å². The topological polar surface area (TPSA) is 166 Å². The predicted molar refractivity (Wildman–Crippen MR) is 338 cm³/mol. The number of aromatic nitrogens is 4. The number of nitrogens with zero attached hydrogens (tertiary/aromatic N) is 7. The molecule has 4 aliphatic rings. The Labute approximate surface area is 492 Å². The molecule has 0 radical (unpaired) electrons. The molecule has 0 unspecified atom stereocenters. The van der Waals surface area contributed by atoms with E-state index in [1.165, 1.54) is 50.0 Å². The van der Waals surface area contributed by atoms with Crippen LogP contribution in [-0.2, 0) is 20.0 Å². The van der Waals surface area contributed by atoms with E-state index in [-0.39, 0.29) is 6.04 Å². The van der Waals surface area contributed by atoms with Gasteiger partial charge in [-0.05, 0) is 105 Å². The fourth-order valence-corrected chi connectivity index (χ4v) is 13.9. The number of sulfonamides is 2. The van der Waals surface area contributed by atoms with Crippen molar-refractivity contribution >= 4 is 143 Å². The molecular formula is C58H68BrCl3N12O4S2. The monoisotopic (exact) mass is 1240 g/mol. The summed E-state index contributed by atoms with van der Waals surface area (Å²) in [5.74, 6) is 0. The molecule has 0 atom stereocenters. The van der Waals surface area contributed by atoms with Gasteiger partial charge in [0.05, 0.1) is 12.5 Å². The van der Waals surface area contributed by atoms with E-state index < -0.39 is 20.0 Å². The Morgan fingerprint density at radius 3 is 1.24 bits per heavy atom. The smallest absolute Gasteiger partial charge is 0.211 e. The van der Waals surface area contributed by atoms with E-state index in [2.05, 4.69) is 144 Å². The summed E-state index contributed by atoms with van der Waals surface area (Å²) in [5, 5.41) is 7.12. The molecule has 0 spiro atoms. The van der Waals surface area contributed by atoms with Gasteiger partial charge in [-0.1, -0.05) is 68.9 Å². The lowest BCUT2D eigenvalue weighted by molar-refractivity contribution is 0.313. The van der Waals surface area contributed by atoms with Gasteiger partial charge in [0.1, 0.15) is 0 Å². The second-order valence-electron chi connectivity index (χ2n) is 20.9. The number of H-pyrrole nitrogens is 4. The molecule has 0 bridgehead atoms. The molecule has 0 amide bonds. The van der Waals surface area contributed by atoms with Crippen LogP contribution in [0.2, 0.25) is 15.1 Å². The number of nitrogens with one attached hydrogen (secondary N) is 5. The fourth-order valence-electron chi connectivity index (χ4n) is 11.2. The maximum atomic E-state index is 11.5. The van der Waals surface area contributed by atoms with Crippen molar-refractivity contribution in [2.24, 2.45) is 0 Å². The standard InChI is InChI=1S/C18H18ClN3.C14H18ClN3O2S.C13H16BrN3O2S.C13H16ClN3/c19-14-12-17-16(6-7-20-17)18(13-14)22-10-8-21(9-11-22)15-4-2-1-3-5-15;1-21(19,20)17-11-3-6-18(7-4-11)14-9-10(15)8-13-12(14)2-5-16-13;1-20(18,19)17-6-4-16(5-7-17)13-9-10(14)8-12-11(13)2-3-15-12;1-16-4-6-17(7-5-16)13-9-10(14)8-12-11(13)2-3-15-12/h1-7,12-13,20H,8-11H2;2,5,8-9,11,16-17H,3-4,6-7H2,1H3;2-3,8-9,15H,4-7H2,1H3;2-3,8-9,15H,4-7H2,1H3. The van der Waals surface area contributed by atoms with Crippen LogP contribution in [0.15, 0.2) is 132 Å². The van der Waals surface area contributed by atoms with Crippen LogP contribution in [-0.4, -0.2) is 163 Å². The first-order chi connectivity index (χ1) is 38.4. The van der Waals surface area contributed by atoms with Crippen molar-refractivity contribution < 1.29 is 16.8 Å². The van der Waals surface area contributed by atoms with Gasteiger partial charge < -0.3 is 49.3 Å². The summed E-state index contributed by atoms with van der Waals surface area (Å²) in [6.07, 6.45) is 11.9. The highest BCUT2D eigenvalue weighted by Crippen LogP contribution is 2.35. The van der Waals surface area contributed by atoms with Crippen molar-refractivity contribution in [1.29, 1.82) is 0 Å². The molecule has 4 aromatic heterocycles. The van der Waals surface area contributed by atoms with Crippen molar-refractivity contribution in [3.8, 4) is 0 Å². The molecule has 22 heteroatoms. The Morgan fingerprint density at radius 2 is 0.825 bits per heavy atom. The highest BCUT2D eigenvalue weighted by atomic mass is 79.9. The van der Waals surface area contributed by atoms with Crippen molar-refractivity contribution in [2.45, 2.75) is 18.9 Å². The quantitative estimate of drug-likeness (QED) is 0.0988. The molecule has 5 aromatic carbocycles. The summed E-state index contributed by atoms with van der Waals surface area (Å²) < 4.78 is 50.9. The van der Waals surface area contributed by atoms with E-state index in [1.54, 1.807) is 0 Å². The summed E-state index contributed by atoms with van der Waals surface area (Å²) in [6.45, 7) is 12.6. The van der Waals surface area contributed by atoms with Gasteiger partial charge in [0.2, 0.25) is 20.0 Å². The van der Waals surface area contributed by atoms with E-state index in [9.17, 15) is 16.8 Å². The van der Waals surface area contributed by atoms with Crippen molar-refractivity contribution in [3.63, 3.8) is 0 Å². The molecule has 5 N–H and O–H groups in total. The second kappa shape index (κ2) is 25.3. The number of likely N-dealkylation sites (N-methyl/N-ethyl adjacent to an activating group) is 1. The van der Waals surface area contributed by atoms with Gasteiger partial charge in [-0.15, -0.1) is 0 Å². The summed E-state index contributed by atoms with van der Waals surface area (Å²) in [7, 11) is -4.05. The Hall–Kier alpha value is -5.61. The van der Waals surface area contributed by atoms with E-state index in [0.717, 1.165) is 132 Å². The lowest BCUT2D eigenvalue weighted by atomic mass is 10.0. The number of halogens is 4. The zero-order chi connectivity index (χ0) is 56.1. The van der Waals surface area contributed by atoms with Crippen LogP contribution in [0.1, 0.15) is 12.8 Å². The number of benzene rings is 5. The number of rotatable bonds is 8. The third-order valence-corrected chi connectivity index (χ3v) is 18.5. The Balaban J connectivity index is 0.000000120. The number of hydrogen-bond acceptors (Lipinski definition) is 10. The molecule has 80 heavy (non-hydrogen) atoms. The van der Waals surface area contributed by atoms with Gasteiger partial charge in [0, 0.05) is 214 Å². The second-order valence-corrected chi connectivity index (χ2v) is 26.8. The molecule has 4 fully saturated rings. The number of aromatic amines is 4. The number of fused-ring (bicyclic) bond motifs is 4. The van der Waals surface area contributed by atoms with Gasteiger partial charge in [0.15, 0.2) is 0 Å². The average molecular weight is 1250 g/mol. The van der Waals surface area contributed by atoms with Crippen LogP contribution in [0.5, 0.6) is 0 Å². The van der Waals surface area contributed by atoms with E-state index in [4.69, 9.17) is 34.8 Å². The van der Waals surface area contributed by atoms with E-state index in [0.29, 0.717) is 31.2 Å². The van der Waals surface area contributed by atoms with Gasteiger partial charge in [0.25, 0.3) is 0 Å². The molecule has 4 aliphatic heterocycles. The number of anilines is 5. The summed E-state index contributed by atoms with van der Waals surface area (Å²) in [5.41, 5.74) is 10.4. The molecule has 16 nitrogen and oxygen atoms in total. The molecule has 9 aromatic rings. The first-order valence-electron chi connectivity index (χ1n) is 26.9. The molecule has 424 valence electrons. The van der Waals surface area contributed by atoms with E-state index >= 15 is 0 Å². The Bertz CT molecular complexity index is 3770. The minimum atomic E-state index is -3.13. The Morgan fingerprint density at radius 1 is 0.463 bits per heavy atom. The minimum absolute atomic E-state index is 0.0251. The van der Waals surface area contributed by atoms with Crippen molar-refractivity contribution in [2.75, 3.05) is 136 Å². The van der Waals surface area contributed by atoms with Crippen LogP contribution < -0.4 is 29.2 Å². The normalized spacial score (nSPS) is 17.1. The van der Waals surface area contributed by atoms with Gasteiger partial charge in [-0.2, -0.15) is 4.31 Å². The van der Waals surface area contributed by atoms with Crippen molar-refractivity contribution in [3.05, 3.63) is 147 Å². The first-order valence-corrected chi connectivity index (χ1v) is 32.6. The molecule has 0 saturated carbocycles. The van der Waals surface area contributed by atoms with Crippen LogP contribution in [0.4, 0.5) is 28.4 Å². The minimum Gasteiger partial charge on any atom is -0.371 e. The van der Waals surface area contributed by atoms with Gasteiger partial charge >= 0.3 is 0 Å². The lowest BCUT2D eigenvalue weighted by Gasteiger charge is -2.37. The van der Waals surface area contributed by atoms with Crippen LogP contribution >= 0.6 is 50.7 Å². The SMILES string of the molecule is CN1CCN(c2cc(Cl)cc3[nH]ccc23)CC1.CS(=O)(=O)N1CCN(c2cc(Br)cc3[nH]ccc23)CC1.CS(=O)(=O)NC1CCN(c2cc(Cl)cc3[nH]ccc23)CC1.Clc1cc(N2CCN(c3ccccc3)CC2)c2cc[nH]c2c1. The van der Waals surface area contributed by atoms with Crippen LogP contribution in [0.25, 0.3) is 43.6 Å². The largest absolute Gasteiger partial charge is 0.371 e. The van der Waals surface area contributed by atoms with E-state index in [1.807, 2.05) is 61.2 Å². The molecule has 4 saturated heterocycles. The van der Waals surface area contributed by atoms with Gasteiger partial charge in [-0.25, -0.2) is 21.6 Å². The molecule has 8 heterocycles. The molecule has 13 rings (SSSR count). The maximum Gasteiger partial charge on any atom is 0.211 e. The highest BCUT2D eigenvalue weighted by Gasteiger charge is 2.26. The molecular weight excluding hydrogens is 1180 g/mol. The number of para-hydroxylation sites is 1. The third kappa shape index (κ3) is 14.2. The zero-order valence-electron chi connectivity index (χ0n) is 45.1. The summed E-state index contributed by atoms with van der Waals surface area (Å²) >= 11 is 22.1. The first kappa shape index (κ1) is 57.6.